The standard InChI is InChI=1S/C29H22Cl2N2O2/c1-18-6-5-7-19(2)28(18)33-29(34)22(16-32)14-25-24-9-4-3-8-20(24)11-13-27(25)35-17-21-10-12-23(30)15-26(21)31/h3-15H,17H2,1-2H3,(H,33,34)/b22-14-. The van der Waals surface area contributed by atoms with Crippen molar-refractivity contribution in [2.45, 2.75) is 20.5 Å². The number of fused-ring (bicyclic) bond motifs is 1. The highest BCUT2D eigenvalue weighted by Gasteiger charge is 2.16. The summed E-state index contributed by atoms with van der Waals surface area (Å²) in [4.78, 5) is 13.1. The summed E-state index contributed by atoms with van der Waals surface area (Å²) in [5.41, 5.74) is 3.92. The van der Waals surface area contributed by atoms with Crippen LogP contribution in [0.15, 0.2) is 78.4 Å². The van der Waals surface area contributed by atoms with Gasteiger partial charge in [-0.3, -0.25) is 4.79 Å². The number of benzene rings is 4. The van der Waals surface area contributed by atoms with Gasteiger partial charge in [-0.15, -0.1) is 0 Å². The van der Waals surface area contributed by atoms with E-state index in [1.54, 1.807) is 24.3 Å². The number of aryl methyl sites for hydroxylation is 2. The summed E-state index contributed by atoms with van der Waals surface area (Å²) in [6, 6.07) is 24.5. The first-order valence-corrected chi connectivity index (χ1v) is 11.7. The molecule has 0 fully saturated rings. The van der Waals surface area contributed by atoms with Gasteiger partial charge in [0.15, 0.2) is 0 Å². The highest BCUT2D eigenvalue weighted by atomic mass is 35.5. The van der Waals surface area contributed by atoms with E-state index in [4.69, 9.17) is 27.9 Å². The maximum absolute atomic E-state index is 13.1. The van der Waals surface area contributed by atoms with Crippen LogP contribution in [0.25, 0.3) is 16.8 Å². The Labute approximate surface area is 214 Å². The smallest absolute Gasteiger partial charge is 0.266 e. The van der Waals surface area contributed by atoms with Gasteiger partial charge in [-0.25, -0.2) is 0 Å². The Morgan fingerprint density at radius 1 is 1.00 bits per heavy atom. The summed E-state index contributed by atoms with van der Waals surface area (Å²) >= 11 is 12.3. The topological polar surface area (TPSA) is 62.1 Å². The Balaban J connectivity index is 1.72. The number of anilines is 1. The predicted octanol–water partition coefficient (Wildman–Crippen LogP) is 7.89. The van der Waals surface area contributed by atoms with Crippen molar-refractivity contribution in [3.63, 3.8) is 0 Å². The average Bonchev–Trinajstić information content (AvgIpc) is 2.84. The lowest BCUT2D eigenvalue weighted by Gasteiger charge is -2.14. The number of hydrogen-bond donors (Lipinski definition) is 1. The maximum atomic E-state index is 13.1. The third kappa shape index (κ3) is 5.49. The van der Waals surface area contributed by atoms with Crippen LogP contribution in [0.1, 0.15) is 22.3 Å². The molecule has 174 valence electrons. The summed E-state index contributed by atoms with van der Waals surface area (Å²) in [6.07, 6.45) is 1.57. The van der Waals surface area contributed by atoms with E-state index in [2.05, 4.69) is 5.32 Å². The molecular formula is C29H22Cl2N2O2. The number of rotatable bonds is 6. The molecule has 1 N–H and O–H groups in total. The van der Waals surface area contributed by atoms with Crippen molar-refractivity contribution in [2.24, 2.45) is 0 Å². The first-order chi connectivity index (χ1) is 16.9. The van der Waals surface area contributed by atoms with Crippen LogP contribution in [0.3, 0.4) is 0 Å². The van der Waals surface area contributed by atoms with Crippen molar-refractivity contribution in [2.75, 3.05) is 5.32 Å². The zero-order chi connectivity index (χ0) is 24.9. The molecule has 4 nitrogen and oxygen atoms in total. The lowest BCUT2D eigenvalue weighted by atomic mass is 10.0. The van der Waals surface area contributed by atoms with Crippen LogP contribution >= 0.6 is 23.2 Å². The molecular weight excluding hydrogens is 479 g/mol. The molecule has 0 saturated carbocycles. The Bertz CT molecular complexity index is 1480. The first-order valence-electron chi connectivity index (χ1n) is 10.9. The summed E-state index contributed by atoms with van der Waals surface area (Å²) in [7, 11) is 0. The number of nitrogens with zero attached hydrogens (tertiary/aromatic N) is 1. The van der Waals surface area contributed by atoms with Gasteiger partial charge in [-0.05, 0) is 60.0 Å². The summed E-state index contributed by atoms with van der Waals surface area (Å²) in [5, 5.41) is 15.6. The van der Waals surface area contributed by atoms with Crippen LogP contribution in [0.4, 0.5) is 5.69 Å². The Hall–Kier alpha value is -3.78. The van der Waals surface area contributed by atoms with Crippen LogP contribution in [0, 0.1) is 25.2 Å². The minimum absolute atomic E-state index is 0.0293. The second-order valence-corrected chi connectivity index (χ2v) is 8.96. The van der Waals surface area contributed by atoms with Crippen molar-refractivity contribution >= 4 is 51.6 Å². The molecule has 0 heterocycles. The Kier molecular flexibility index (Phi) is 7.41. The quantitative estimate of drug-likeness (QED) is 0.216. The lowest BCUT2D eigenvalue weighted by Crippen LogP contribution is -2.15. The number of carbonyl (C=O) groups excluding carboxylic acids is 1. The highest BCUT2D eigenvalue weighted by Crippen LogP contribution is 2.32. The molecule has 4 aromatic rings. The SMILES string of the molecule is Cc1cccc(C)c1NC(=O)/C(C#N)=C\c1c(OCc2ccc(Cl)cc2Cl)ccc2ccccc12. The van der Waals surface area contributed by atoms with Crippen molar-refractivity contribution in [3.8, 4) is 11.8 Å². The number of ether oxygens (including phenoxy) is 1. The van der Waals surface area contributed by atoms with E-state index >= 15 is 0 Å². The summed E-state index contributed by atoms with van der Waals surface area (Å²) in [6.45, 7) is 4.03. The molecule has 0 bridgehead atoms. The molecule has 0 aliphatic heterocycles. The fraction of sp³-hybridized carbons (Fsp3) is 0.103. The van der Waals surface area contributed by atoms with Gasteiger partial charge >= 0.3 is 0 Å². The van der Waals surface area contributed by atoms with Crippen molar-refractivity contribution in [1.29, 1.82) is 5.26 Å². The average molecular weight is 501 g/mol. The number of nitrogens with one attached hydrogen (secondary N) is 1. The fourth-order valence-electron chi connectivity index (χ4n) is 3.83. The van der Waals surface area contributed by atoms with Crippen LogP contribution in [-0.2, 0) is 11.4 Å². The molecule has 0 spiro atoms. The third-order valence-electron chi connectivity index (χ3n) is 5.70. The molecule has 4 aromatic carbocycles. The van der Waals surface area contributed by atoms with E-state index in [1.807, 2.05) is 74.5 Å². The first kappa shape index (κ1) is 24.3. The second-order valence-electron chi connectivity index (χ2n) is 8.11. The molecule has 4 rings (SSSR count). The Morgan fingerprint density at radius 3 is 2.46 bits per heavy atom. The molecule has 0 radical (unpaired) electrons. The van der Waals surface area contributed by atoms with Gasteiger partial charge in [0, 0.05) is 26.9 Å². The highest BCUT2D eigenvalue weighted by molar-refractivity contribution is 6.35. The van der Waals surface area contributed by atoms with Gasteiger partial charge in [0.25, 0.3) is 5.91 Å². The monoisotopic (exact) mass is 500 g/mol. The van der Waals surface area contributed by atoms with Crippen LogP contribution in [-0.4, -0.2) is 5.91 Å². The van der Waals surface area contributed by atoms with Crippen LogP contribution < -0.4 is 10.1 Å². The number of amides is 1. The van der Waals surface area contributed by atoms with Crippen molar-refractivity contribution < 1.29 is 9.53 Å². The largest absolute Gasteiger partial charge is 0.488 e. The zero-order valence-electron chi connectivity index (χ0n) is 19.2. The normalized spacial score (nSPS) is 11.2. The number of nitriles is 1. The second kappa shape index (κ2) is 10.7. The number of hydrogen-bond acceptors (Lipinski definition) is 3. The molecule has 0 saturated heterocycles. The minimum Gasteiger partial charge on any atom is -0.488 e. The zero-order valence-corrected chi connectivity index (χ0v) is 20.7. The predicted molar refractivity (Wildman–Crippen MR) is 143 cm³/mol. The molecule has 0 aliphatic rings. The fourth-order valence-corrected chi connectivity index (χ4v) is 4.29. The molecule has 0 aliphatic carbocycles. The third-order valence-corrected chi connectivity index (χ3v) is 6.29. The molecule has 1 amide bonds. The number of para-hydroxylation sites is 1. The van der Waals surface area contributed by atoms with Gasteiger partial charge in [-0.2, -0.15) is 5.26 Å². The van der Waals surface area contributed by atoms with Crippen LogP contribution in [0.5, 0.6) is 5.75 Å². The maximum Gasteiger partial charge on any atom is 0.266 e. The van der Waals surface area contributed by atoms with Crippen molar-refractivity contribution in [3.05, 3.63) is 111 Å². The van der Waals surface area contributed by atoms with Crippen molar-refractivity contribution in [1.82, 2.24) is 0 Å². The van der Waals surface area contributed by atoms with Gasteiger partial charge < -0.3 is 10.1 Å². The minimum atomic E-state index is -0.482. The Morgan fingerprint density at radius 2 is 1.74 bits per heavy atom. The molecule has 35 heavy (non-hydrogen) atoms. The van der Waals surface area contributed by atoms with Crippen LogP contribution in [0.2, 0.25) is 10.0 Å². The van der Waals surface area contributed by atoms with Gasteiger partial charge in [0.1, 0.15) is 24.0 Å². The molecule has 6 heteroatoms. The summed E-state index contributed by atoms with van der Waals surface area (Å²) < 4.78 is 6.12. The van der Waals surface area contributed by atoms with Gasteiger partial charge in [-0.1, -0.05) is 77.8 Å². The number of carbonyl (C=O) groups is 1. The van der Waals surface area contributed by atoms with E-state index < -0.39 is 5.91 Å². The van der Waals surface area contributed by atoms with E-state index in [0.29, 0.717) is 27.0 Å². The lowest BCUT2D eigenvalue weighted by molar-refractivity contribution is -0.112. The van der Waals surface area contributed by atoms with E-state index in [1.165, 1.54) is 0 Å². The molecule has 0 unspecified atom stereocenters. The van der Waals surface area contributed by atoms with Gasteiger partial charge in [0.2, 0.25) is 0 Å². The molecule has 0 aromatic heterocycles. The summed E-state index contributed by atoms with van der Waals surface area (Å²) in [5.74, 6) is 0.0480. The van der Waals surface area contributed by atoms with E-state index in [-0.39, 0.29) is 12.2 Å². The van der Waals surface area contributed by atoms with E-state index in [0.717, 1.165) is 27.5 Å². The number of halogens is 2. The van der Waals surface area contributed by atoms with Gasteiger partial charge in [0.05, 0.1) is 0 Å². The van der Waals surface area contributed by atoms with E-state index in [9.17, 15) is 10.1 Å². The molecule has 0 atom stereocenters.